The second-order valence-corrected chi connectivity index (χ2v) is 6.27. The number of carbonyl (C=O) groups is 1. The van der Waals surface area contributed by atoms with E-state index in [1.165, 1.54) is 27.7 Å². The van der Waals surface area contributed by atoms with Crippen LogP contribution in [0.1, 0.15) is 43.2 Å². The molecular formula is C18H24N2O2. The molecule has 0 radical (unpaired) electrons. The van der Waals surface area contributed by atoms with Gasteiger partial charge in [-0.05, 0) is 56.5 Å². The quantitative estimate of drug-likeness (QED) is 0.883. The maximum Gasteiger partial charge on any atom is 0.310 e. The average Bonchev–Trinajstić information content (AvgIpc) is 2.99. The largest absolute Gasteiger partial charge is 0.463 e. The van der Waals surface area contributed by atoms with Gasteiger partial charge in [0.25, 0.3) is 0 Å². The second kappa shape index (κ2) is 5.76. The summed E-state index contributed by atoms with van der Waals surface area (Å²) in [5, 5.41) is 4.59. The summed E-state index contributed by atoms with van der Waals surface area (Å²) in [5.74, 6) is -0.146. The van der Waals surface area contributed by atoms with Gasteiger partial charge in [-0.1, -0.05) is 0 Å². The minimum atomic E-state index is -0.146. The summed E-state index contributed by atoms with van der Waals surface area (Å²) in [7, 11) is 0. The van der Waals surface area contributed by atoms with Crippen LogP contribution in [0.5, 0.6) is 0 Å². The highest BCUT2D eigenvalue weighted by Crippen LogP contribution is 2.31. The Morgan fingerprint density at radius 3 is 2.64 bits per heavy atom. The topological polar surface area (TPSA) is 43.3 Å². The maximum absolute atomic E-state index is 12.1. The molecule has 0 amide bonds. The van der Waals surface area contributed by atoms with E-state index in [1.807, 2.05) is 13.8 Å². The number of hydrogen-bond donors (Lipinski definition) is 1. The fourth-order valence-corrected chi connectivity index (χ4v) is 3.42. The monoisotopic (exact) mass is 300 g/mol. The molecule has 3 rings (SSSR count). The Bertz CT molecular complexity index is 728. The summed E-state index contributed by atoms with van der Waals surface area (Å²) < 4.78 is 7.63. The third-order valence-corrected chi connectivity index (χ3v) is 4.41. The number of hydrogen-bond acceptors (Lipinski definition) is 3. The number of esters is 1. The first-order chi connectivity index (χ1) is 10.5. The highest BCUT2D eigenvalue weighted by Gasteiger charge is 2.20. The number of benzene rings is 1. The molecule has 0 bridgehead atoms. The molecule has 1 aliphatic rings. The van der Waals surface area contributed by atoms with E-state index in [0.29, 0.717) is 6.42 Å². The molecule has 2 aromatic rings. The van der Waals surface area contributed by atoms with E-state index in [4.69, 9.17) is 4.74 Å². The first-order valence-corrected chi connectivity index (χ1v) is 8.05. The summed E-state index contributed by atoms with van der Waals surface area (Å²) in [6, 6.07) is 4.53. The number of carbonyl (C=O) groups excluding carboxylic acids is 1. The van der Waals surface area contributed by atoms with Gasteiger partial charge < -0.3 is 14.6 Å². The van der Waals surface area contributed by atoms with Crippen molar-refractivity contribution >= 4 is 16.9 Å². The molecule has 2 heterocycles. The van der Waals surface area contributed by atoms with Gasteiger partial charge in [0, 0.05) is 36.2 Å². The molecule has 22 heavy (non-hydrogen) atoms. The number of fused-ring (bicyclic) bond motifs is 2. The van der Waals surface area contributed by atoms with Gasteiger partial charge in [-0.25, -0.2) is 0 Å². The minimum absolute atomic E-state index is 0.0687. The van der Waals surface area contributed by atoms with Crippen LogP contribution in [0.15, 0.2) is 12.1 Å². The molecule has 0 atom stereocenters. The van der Waals surface area contributed by atoms with E-state index in [9.17, 15) is 4.79 Å². The molecule has 4 nitrogen and oxygen atoms in total. The van der Waals surface area contributed by atoms with Gasteiger partial charge in [-0.3, -0.25) is 4.79 Å². The number of nitrogens with zero attached hydrogens (tertiary/aromatic N) is 1. The number of aryl methyl sites for hydroxylation is 1. The lowest BCUT2D eigenvalue weighted by atomic mass is 10.0. The Kier molecular flexibility index (Phi) is 3.96. The molecule has 1 aromatic carbocycles. The van der Waals surface area contributed by atoms with Crippen LogP contribution < -0.4 is 5.32 Å². The smallest absolute Gasteiger partial charge is 0.310 e. The van der Waals surface area contributed by atoms with Crippen LogP contribution in [0.3, 0.4) is 0 Å². The molecule has 0 spiro atoms. The van der Waals surface area contributed by atoms with Crippen LogP contribution in [0.4, 0.5) is 0 Å². The van der Waals surface area contributed by atoms with Crippen molar-refractivity contribution in [3.63, 3.8) is 0 Å². The van der Waals surface area contributed by atoms with Crippen LogP contribution >= 0.6 is 0 Å². The van der Waals surface area contributed by atoms with Crippen LogP contribution in [0.2, 0.25) is 0 Å². The average molecular weight is 300 g/mol. The van der Waals surface area contributed by atoms with Crippen LogP contribution in [-0.2, 0) is 35.6 Å². The standard InChI is InChI=1S/C18H24N2O2/c1-5-20-12(4)15(8-18(21)22-11(2)3)16-6-13-9-19-10-14(13)7-17(16)20/h6-7,11,19H,5,8-10H2,1-4H3. The third-order valence-electron chi connectivity index (χ3n) is 4.41. The van der Waals surface area contributed by atoms with Gasteiger partial charge in [-0.2, -0.15) is 0 Å². The number of aromatic nitrogens is 1. The molecule has 0 saturated heterocycles. The van der Waals surface area contributed by atoms with E-state index >= 15 is 0 Å². The Labute approximate surface area is 131 Å². The molecule has 4 heteroatoms. The number of ether oxygens (including phenoxy) is 1. The van der Waals surface area contributed by atoms with Crippen LogP contribution in [-0.4, -0.2) is 16.6 Å². The molecule has 1 aromatic heterocycles. The lowest BCUT2D eigenvalue weighted by molar-refractivity contribution is -0.146. The Hall–Kier alpha value is -1.81. The lowest BCUT2D eigenvalue weighted by Gasteiger charge is -2.08. The van der Waals surface area contributed by atoms with Crippen molar-refractivity contribution in [2.75, 3.05) is 0 Å². The van der Waals surface area contributed by atoms with E-state index < -0.39 is 0 Å². The fourth-order valence-electron chi connectivity index (χ4n) is 3.42. The Balaban J connectivity index is 2.08. The van der Waals surface area contributed by atoms with E-state index in [0.717, 1.165) is 25.2 Å². The molecule has 1 aliphatic heterocycles. The number of rotatable bonds is 4. The number of nitrogens with one attached hydrogen (secondary N) is 1. The van der Waals surface area contributed by atoms with E-state index in [-0.39, 0.29) is 12.1 Å². The van der Waals surface area contributed by atoms with Crippen LogP contribution in [0, 0.1) is 6.92 Å². The summed E-state index contributed by atoms with van der Waals surface area (Å²) >= 11 is 0. The van der Waals surface area contributed by atoms with Gasteiger partial charge in [-0.15, -0.1) is 0 Å². The third kappa shape index (κ3) is 2.52. The zero-order chi connectivity index (χ0) is 15.9. The first-order valence-electron chi connectivity index (χ1n) is 8.05. The van der Waals surface area contributed by atoms with Gasteiger partial charge in [0.05, 0.1) is 12.5 Å². The van der Waals surface area contributed by atoms with Crippen molar-refractivity contribution < 1.29 is 9.53 Å². The lowest BCUT2D eigenvalue weighted by Crippen LogP contribution is -2.14. The van der Waals surface area contributed by atoms with Crippen molar-refractivity contribution in [3.8, 4) is 0 Å². The van der Waals surface area contributed by atoms with E-state index in [1.54, 1.807) is 0 Å². The molecule has 0 saturated carbocycles. The van der Waals surface area contributed by atoms with Gasteiger partial charge in [0.2, 0.25) is 0 Å². The van der Waals surface area contributed by atoms with Gasteiger partial charge >= 0.3 is 5.97 Å². The molecule has 0 unspecified atom stereocenters. The SMILES string of the molecule is CCn1c(C)c(CC(=O)OC(C)C)c2cc3c(cc21)CNC3. The normalized spacial score (nSPS) is 13.9. The molecular weight excluding hydrogens is 276 g/mol. The van der Waals surface area contributed by atoms with Gasteiger partial charge in [0.1, 0.15) is 0 Å². The van der Waals surface area contributed by atoms with Crippen molar-refractivity contribution in [2.24, 2.45) is 0 Å². The molecule has 118 valence electrons. The summed E-state index contributed by atoms with van der Waals surface area (Å²) in [6.07, 6.45) is 0.278. The highest BCUT2D eigenvalue weighted by molar-refractivity contribution is 5.90. The second-order valence-electron chi connectivity index (χ2n) is 6.27. The highest BCUT2D eigenvalue weighted by atomic mass is 16.5. The predicted octanol–water partition coefficient (Wildman–Crippen LogP) is 3.07. The molecule has 0 fully saturated rings. The summed E-state index contributed by atoms with van der Waals surface area (Å²) in [4.78, 5) is 12.1. The fraction of sp³-hybridized carbons (Fsp3) is 0.500. The first kappa shape index (κ1) is 15.1. The zero-order valence-corrected chi connectivity index (χ0v) is 13.8. The maximum atomic E-state index is 12.1. The Morgan fingerprint density at radius 1 is 1.32 bits per heavy atom. The van der Waals surface area contributed by atoms with E-state index in [2.05, 4.69) is 35.9 Å². The minimum Gasteiger partial charge on any atom is -0.463 e. The van der Waals surface area contributed by atoms with Crippen molar-refractivity contribution in [1.82, 2.24) is 9.88 Å². The van der Waals surface area contributed by atoms with Crippen molar-refractivity contribution in [3.05, 3.63) is 34.5 Å². The Morgan fingerprint density at radius 2 is 2.00 bits per heavy atom. The summed E-state index contributed by atoms with van der Waals surface area (Å²) in [6.45, 7) is 10.8. The van der Waals surface area contributed by atoms with Crippen molar-refractivity contribution in [2.45, 2.75) is 59.9 Å². The zero-order valence-electron chi connectivity index (χ0n) is 13.8. The summed E-state index contributed by atoms with van der Waals surface area (Å²) in [5.41, 5.74) is 6.23. The molecule has 0 aliphatic carbocycles. The van der Waals surface area contributed by atoms with Gasteiger partial charge in [0.15, 0.2) is 0 Å². The molecule has 1 N–H and O–H groups in total. The van der Waals surface area contributed by atoms with Crippen molar-refractivity contribution in [1.29, 1.82) is 0 Å². The van der Waals surface area contributed by atoms with Crippen LogP contribution in [0.25, 0.3) is 10.9 Å². The predicted molar refractivity (Wildman–Crippen MR) is 87.8 cm³/mol.